The van der Waals surface area contributed by atoms with Gasteiger partial charge in [0, 0.05) is 6.26 Å². The number of sulfone groups is 1. The minimum atomic E-state index is -3.59. The largest absolute Gasteiger partial charge is 0.338 e. The monoisotopic (exact) mass is 271 g/mol. The van der Waals surface area contributed by atoms with E-state index >= 15 is 0 Å². The van der Waals surface area contributed by atoms with E-state index in [2.05, 4.69) is 10.1 Å². The van der Waals surface area contributed by atoms with Crippen molar-refractivity contribution < 1.29 is 17.3 Å². The van der Waals surface area contributed by atoms with E-state index < -0.39 is 15.7 Å². The molecule has 2 N–H and O–H groups in total. The third kappa shape index (κ3) is 2.24. The van der Waals surface area contributed by atoms with Crippen molar-refractivity contribution in [2.24, 2.45) is 5.73 Å². The van der Waals surface area contributed by atoms with Crippen molar-refractivity contribution in [3.63, 3.8) is 0 Å². The van der Waals surface area contributed by atoms with Gasteiger partial charge in [-0.1, -0.05) is 11.2 Å². The van der Waals surface area contributed by atoms with Crippen molar-refractivity contribution in [2.45, 2.75) is 11.4 Å². The Hall–Kier alpha value is -1.80. The molecule has 0 aliphatic rings. The van der Waals surface area contributed by atoms with E-state index in [1.807, 2.05) is 0 Å². The highest BCUT2D eigenvalue weighted by Crippen LogP contribution is 2.27. The van der Waals surface area contributed by atoms with Crippen molar-refractivity contribution >= 4 is 9.84 Å². The summed E-state index contributed by atoms with van der Waals surface area (Å²) >= 11 is 0. The van der Waals surface area contributed by atoms with Gasteiger partial charge in [0.1, 0.15) is 5.82 Å². The first-order valence-electron chi connectivity index (χ1n) is 4.95. The normalized spacial score (nSPS) is 11.7. The van der Waals surface area contributed by atoms with Gasteiger partial charge in [-0.3, -0.25) is 0 Å². The molecule has 0 spiro atoms. The molecule has 1 aromatic carbocycles. The summed E-state index contributed by atoms with van der Waals surface area (Å²) < 4.78 is 41.7. The number of rotatable bonds is 3. The van der Waals surface area contributed by atoms with Gasteiger partial charge in [-0.05, 0) is 12.1 Å². The predicted octanol–water partition coefficient (Wildman–Crippen LogP) is 0.738. The highest BCUT2D eigenvalue weighted by Gasteiger charge is 2.22. The fraction of sp³-hybridized carbons (Fsp3) is 0.200. The summed E-state index contributed by atoms with van der Waals surface area (Å²) in [6, 6.07) is 3.72. The molecule has 0 fully saturated rings. The number of hydrogen-bond acceptors (Lipinski definition) is 6. The number of hydrogen-bond donors (Lipinski definition) is 1. The predicted molar refractivity (Wildman–Crippen MR) is 60.7 cm³/mol. The molecular weight excluding hydrogens is 261 g/mol. The van der Waals surface area contributed by atoms with Crippen molar-refractivity contribution in [3.05, 3.63) is 29.9 Å². The van der Waals surface area contributed by atoms with E-state index in [0.717, 1.165) is 12.3 Å². The van der Waals surface area contributed by atoms with Crippen LogP contribution in [0.15, 0.2) is 27.6 Å². The smallest absolute Gasteiger partial charge is 0.240 e. The first kappa shape index (κ1) is 12.7. The number of aromatic nitrogens is 2. The molecule has 18 heavy (non-hydrogen) atoms. The third-order valence-corrected chi connectivity index (χ3v) is 3.38. The maximum Gasteiger partial charge on any atom is 0.240 e. The number of benzene rings is 1. The van der Waals surface area contributed by atoms with Crippen molar-refractivity contribution in [1.29, 1.82) is 0 Å². The maximum absolute atomic E-state index is 13.8. The molecule has 6 nitrogen and oxygen atoms in total. The molecule has 0 unspecified atom stereocenters. The van der Waals surface area contributed by atoms with E-state index in [4.69, 9.17) is 10.3 Å². The Morgan fingerprint density at radius 2 is 2.17 bits per heavy atom. The third-order valence-electron chi connectivity index (χ3n) is 2.24. The van der Waals surface area contributed by atoms with Crippen LogP contribution in [0.1, 0.15) is 5.89 Å². The van der Waals surface area contributed by atoms with E-state index in [0.29, 0.717) is 0 Å². The van der Waals surface area contributed by atoms with Crippen LogP contribution in [0.2, 0.25) is 0 Å². The summed E-state index contributed by atoms with van der Waals surface area (Å²) in [6.07, 6.45) is 0.981. The molecule has 0 amide bonds. The Kier molecular flexibility index (Phi) is 3.14. The van der Waals surface area contributed by atoms with Crippen LogP contribution in [0, 0.1) is 5.82 Å². The molecule has 2 aromatic rings. The van der Waals surface area contributed by atoms with E-state index in [1.54, 1.807) is 0 Å². The van der Waals surface area contributed by atoms with E-state index in [1.165, 1.54) is 12.1 Å². The Morgan fingerprint density at radius 3 is 2.72 bits per heavy atom. The SMILES string of the molecule is CS(=O)(=O)c1cccc(F)c1-c1noc(CN)n1. The summed E-state index contributed by atoms with van der Waals surface area (Å²) in [6.45, 7) is -0.00430. The molecule has 0 aliphatic heterocycles. The van der Waals surface area contributed by atoms with Crippen LogP contribution in [-0.4, -0.2) is 24.8 Å². The standard InChI is InChI=1S/C10H10FN3O3S/c1-18(15,16)7-4-2-3-6(11)9(7)10-13-8(5-12)17-14-10/h2-4H,5,12H2,1H3. The number of nitrogens with two attached hydrogens (primary N) is 1. The van der Waals surface area contributed by atoms with Crippen molar-refractivity contribution in [2.75, 3.05) is 6.26 Å². The molecular formula is C10H10FN3O3S. The molecule has 0 atom stereocenters. The zero-order chi connectivity index (χ0) is 13.3. The van der Waals surface area contributed by atoms with Crippen molar-refractivity contribution in [3.8, 4) is 11.4 Å². The highest BCUT2D eigenvalue weighted by atomic mass is 32.2. The summed E-state index contributed by atoms with van der Waals surface area (Å²) in [5.41, 5.74) is 5.09. The Labute approximate surface area is 103 Å². The van der Waals surface area contributed by atoms with Crippen LogP contribution in [0.4, 0.5) is 4.39 Å². The lowest BCUT2D eigenvalue weighted by molar-refractivity contribution is 0.380. The molecule has 96 valence electrons. The Bertz CT molecular complexity index is 681. The van der Waals surface area contributed by atoms with Gasteiger partial charge in [-0.25, -0.2) is 12.8 Å². The van der Waals surface area contributed by atoms with Crippen LogP contribution in [-0.2, 0) is 16.4 Å². The average molecular weight is 271 g/mol. The first-order chi connectivity index (χ1) is 8.43. The average Bonchev–Trinajstić information content (AvgIpc) is 2.75. The Morgan fingerprint density at radius 1 is 1.44 bits per heavy atom. The van der Waals surface area contributed by atoms with Crippen LogP contribution < -0.4 is 5.73 Å². The molecule has 8 heteroatoms. The molecule has 1 aromatic heterocycles. The summed E-state index contributed by atoms with van der Waals surface area (Å²) in [4.78, 5) is 3.64. The molecule has 0 saturated heterocycles. The Balaban J connectivity index is 2.70. The lowest BCUT2D eigenvalue weighted by Gasteiger charge is -2.04. The van der Waals surface area contributed by atoms with E-state index in [9.17, 15) is 12.8 Å². The van der Waals surface area contributed by atoms with Gasteiger partial charge in [0.15, 0.2) is 9.84 Å². The topological polar surface area (TPSA) is 99.1 Å². The highest BCUT2D eigenvalue weighted by molar-refractivity contribution is 7.90. The number of nitrogens with zero attached hydrogens (tertiary/aromatic N) is 2. The fourth-order valence-electron chi connectivity index (χ4n) is 1.47. The van der Waals surface area contributed by atoms with Gasteiger partial charge in [0.05, 0.1) is 17.0 Å². The molecule has 0 saturated carbocycles. The molecule has 0 bridgehead atoms. The van der Waals surface area contributed by atoms with Crippen LogP contribution in [0.5, 0.6) is 0 Å². The second kappa shape index (κ2) is 4.46. The second-order valence-corrected chi connectivity index (χ2v) is 5.59. The summed E-state index contributed by atoms with van der Waals surface area (Å²) in [7, 11) is -3.59. The van der Waals surface area contributed by atoms with Crippen molar-refractivity contribution in [1.82, 2.24) is 10.1 Å². The number of halogens is 1. The zero-order valence-corrected chi connectivity index (χ0v) is 10.2. The first-order valence-corrected chi connectivity index (χ1v) is 6.84. The lowest BCUT2D eigenvalue weighted by atomic mass is 10.2. The summed E-state index contributed by atoms with van der Waals surface area (Å²) in [5.74, 6) is -0.760. The van der Waals surface area contributed by atoms with Crippen LogP contribution in [0.3, 0.4) is 0 Å². The molecule has 2 rings (SSSR count). The molecule has 0 aliphatic carbocycles. The zero-order valence-electron chi connectivity index (χ0n) is 9.42. The quantitative estimate of drug-likeness (QED) is 0.883. The van der Waals surface area contributed by atoms with Crippen LogP contribution >= 0.6 is 0 Å². The van der Waals surface area contributed by atoms with Gasteiger partial charge in [-0.15, -0.1) is 0 Å². The fourth-order valence-corrected chi connectivity index (χ4v) is 2.36. The minimum absolute atomic E-state index is 0.00430. The second-order valence-electron chi connectivity index (χ2n) is 3.60. The van der Waals surface area contributed by atoms with Gasteiger partial charge >= 0.3 is 0 Å². The van der Waals surface area contributed by atoms with Gasteiger partial charge < -0.3 is 10.3 Å². The van der Waals surface area contributed by atoms with E-state index in [-0.39, 0.29) is 28.7 Å². The summed E-state index contributed by atoms with van der Waals surface area (Å²) in [5, 5.41) is 3.52. The minimum Gasteiger partial charge on any atom is -0.338 e. The lowest BCUT2D eigenvalue weighted by Crippen LogP contribution is -2.03. The van der Waals surface area contributed by atoms with Gasteiger partial charge in [0.2, 0.25) is 11.7 Å². The molecule has 0 radical (unpaired) electrons. The maximum atomic E-state index is 13.8. The van der Waals surface area contributed by atoms with Gasteiger partial charge in [0.25, 0.3) is 0 Å². The molecule has 1 heterocycles. The van der Waals surface area contributed by atoms with Gasteiger partial charge in [-0.2, -0.15) is 4.98 Å². The van der Waals surface area contributed by atoms with Crippen LogP contribution in [0.25, 0.3) is 11.4 Å².